The van der Waals surface area contributed by atoms with Crippen LogP contribution in [0.25, 0.3) is 0 Å². The summed E-state index contributed by atoms with van der Waals surface area (Å²) in [6.45, 7) is 4.09. The van der Waals surface area contributed by atoms with E-state index in [4.69, 9.17) is 5.73 Å². The summed E-state index contributed by atoms with van der Waals surface area (Å²) in [6.07, 6.45) is 3.37. The number of nitrogens with two attached hydrogens (primary N) is 1. The molecule has 0 aliphatic carbocycles. The van der Waals surface area contributed by atoms with Crippen LogP contribution < -0.4 is 10.6 Å². The molecule has 5 heteroatoms. The van der Waals surface area contributed by atoms with Gasteiger partial charge < -0.3 is 10.6 Å². The molecule has 0 aromatic carbocycles. The quantitative estimate of drug-likeness (QED) is 0.759. The predicted octanol–water partition coefficient (Wildman–Crippen LogP) is 1.16. The van der Waals surface area contributed by atoms with Gasteiger partial charge in [-0.05, 0) is 26.2 Å². The molecule has 2 rings (SSSR count). The van der Waals surface area contributed by atoms with Crippen LogP contribution in [0.3, 0.4) is 0 Å². The van der Waals surface area contributed by atoms with Crippen LogP contribution in [0.2, 0.25) is 0 Å². The molecule has 0 saturated carbocycles. The summed E-state index contributed by atoms with van der Waals surface area (Å²) in [5.74, 6) is 0. The largest absolute Gasteiger partial charge is 0.347 e. The molecule has 4 nitrogen and oxygen atoms in total. The Kier molecular flexibility index (Phi) is 2.98. The smallest absolute Gasteiger partial charge is 0.208 e. The second kappa shape index (κ2) is 4.23. The third-order valence-electron chi connectivity index (χ3n) is 2.56. The van der Waals surface area contributed by atoms with Gasteiger partial charge in [-0.2, -0.15) is 0 Å². The van der Waals surface area contributed by atoms with Crippen LogP contribution in [-0.4, -0.2) is 29.3 Å². The lowest BCUT2D eigenvalue weighted by atomic mass is 10.1. The van der Waals surface area contributed by atoms with Crippen molar-refractivity contribution in [3.63, 3.8) is 0 Å². The molecule has 0 amide bonds. The van der Waals surface area contributed by atoms with E-state index in [2.05, 4.69) is 15.1 Å². The Balaban J connectivity index is 2.04. The van der Waals surface area contributed by atoms with Gasteiger partial charge >= 0.3 is 0 Å². The van der Waals surface area contributed by atoms with Crippen molar-refractivity contribution in [2.75, 3.05) is 18.0 Å². The average Bonchev–Trinajstić information content (AvgIpc) is 2.46. The van der Waals surface area contributed by atoms with Gasteiger partial charge in [0.05, 0.1) is 0 Å². The van der Waals surface area contributed by atoms with E-state index in [9.17, 15) is 0 Å². The zero-order valence-corrected chi connectivity index (χ0v) is 9.26. The summed E-state index contributed by atoms with van der Waals surface area (Å²) in [6, 6.07) is 0.369. The molecule has 1 aliphatic rings. The molecule has 1 aromatic rings. The lowest BCUT2D eigenvalue weighted by molar-refractivity contribution is 0.601. The highest BCUT2D eigenvalue weighted by atomic mass is 32.1. The van der Waals surface area contributed by atoms with Gasteiger partial charge in [-0.15, -0.1) is 10.2 Å². The Bertz CT molecular complexity index is 299. The minimum Gasteiger partial charge on any atom is -0.347 e. The van der Waals surface area contributed by atoms with E-state index in [0.717, 1.165) is 36.1 Å². The lowest BCUT2D eigenvalue weighted by Gasteiger charge is -2.17. The van der Waals surface area contributed by atoms with Crippen molar-refractivity contribution in [1.29, 1.82) is 0 Å². The number of hydrogen-bond donors (Lipinski definition) is 1. The van der Waals surface area contributed by atoms with Crippen LogP contribution in [0.5, 0.6) is 0 Å². The van der Waals surface area contributed by atoms with Crippen LogP contribution in [0.15, 0.2) is 0 Å². The Hall–Kier alpha value is -0.680. The molecule has 0 radical (unpaired) electrons. The minimum atomic E-state index is 0.369. The van der Waals surface area contributed by atoms with Crippen molar-refractivity contribution >= 4 is 16.5 Å². The van der Waals surface area contributed by atoms with E-state index in [-0.39, 0.29) is 0 Å². The molecular weight excluding hydrogens is 196 g/mol. The molecule has 1 aliphatic heterocycles. The maximum atomic E-state index is 5.92. The number of hydrogen-bond acceptors (Lipinski definition) is 5. The van der Waals surface area contributed by atoms with Crippen LogP contribution in [0, 0.1) is 6.92 Å². The van der Waals surface area contributed by atoms with Gasteiger partial charge in [0.1, 0.15) is 5.01 Å². The fraction of sp³-hybridized carbons (Fsp3) is 0.778. The summed E-state index contributed by atoms with van der Waals surface area (Å²) in [5, 5.41) is 10.3. The number of aryl methyl sites for hydroxylation is 1. The first-order valence-corrected chi connectivity index (χ1v) is 5.88. The molecule has 1 saturated heterocycles. The van der Waals surface area contributed by atoms with Gasteiger partial charge in [0.2, 0.25) is 5.13 Å². The molecule has 78 valence electrons. The molecule has 1 atom stereocenters. The van der Waals surface area contributed by atoms with Gasteiger partial charge in [0.25, 0.3) is 0 Å². The maximum absolute atomic E-state index is 5.92. The summed E-state index contributed by atoms with van der Waals surface area (Å²) in [7, 11) is 0. The zero-order valence-electron chi connectivity index (χ0n) is 8.44. The Morgan fingerprint density at radius 3 is 2.93 bits per heavy atom. The van der Waals surface area contributed by atoms with E-state index in [1.165, 1.54) is 6.42 Å². The topological polar surface area (TPSA) is 55.0 Å². The number of aromatic nitrogens is 2. The number of nitrogens with zero attached hydrogens (tertiary/aromatic N) is 3. The standard InChI is InChI=1S/C9H16N4S/c1-7-11-12-9(14-7)13-5-2-3-8(10)4-6-13/h8H,2-6,10H2,1H3. The molecule has 1 aromatic heterocycles. The highest BCUT2D eigenvalue weighted by Crippen LogP contribution is 2.22. The van der Waals surface area contributed by atoms with Crippen molar-refractivity contribution in [2.24, 2.45) is 5.73 Å². The first-order chi connectivity index (χ1) is 6.75. The summed E-state index contributed by atoms with van der Waals surface area (Å²) in [4.78, 5) is 2.30. The van der Waals surface area contributed by atoms with Crippen molar-refractivity contribution in [1.82, 2.24) is 10.2 Å². The summed E-state index contributed by atoms with van der Waals surface area (Å²) < 4.78 is 0. The highest BCUT2D eigenvalue weighted by Gasteiger charge is 2.16. The second-order valence-corrected chi connectivity index (χ2v) is 4.94. The molecular formula is C9H16N4S. The average molecular weight is 212 g/mol. The van der Waals surface area contributed by atoms with Gasteiger partial charge in [-0.25, -0.2) is 0 Å². The first-order valence-electron chi connectivity index (χ1n) is 5.06. The normalized spacial score (nSPS) is 23.6. The minimum absolute atomic E-state index is 0.369. The van der Waals surface area contributed by atoms with Gasteiger partial charge in [-0.1, -0.05) is 11.3 Å². The van der Waals surface area contributed by atoms with E-state index >= 15 is 0 Å². The molecule has 1 unspecified atom stereocenters. The summed E-state index contributed by atoms with van der Waals surface area (Å²) in [5.41, 5.74) is 5.92. The van der Waals surface area contributed by atoms with Gasteiger partial charge in [0.15, 0.2) is 0 Å². The molecule has 14 heavy (non-hydrogen) atoms. The first kappa shape index (κ1) is 9.86. The van der Waals surface area contributed by atoms with E-state index in [1.54, 1.807) is 11.3 Å². The fourth-order valence-electron chi connectivity index (χ4n) is 1.73. The Morgan fingerprint density at radius 1 is 1.36 bits per heavy atom. The van der Waals surface area contributed by atoms with Gasteiger partial charge in [-0.3, -0.25) is 0 Å². The Labute approximate surface area is 88.1 Å². The van der Waals surface area contributed by atoms with Crippen LogP contribution in [0.1, 0.15) is 24.3 Å². The molecule has 2 heterocycles. The van der Waals surface area contributed by atoms with Gasteiger partial charge in [0, 0.05) is 19.1 Å². The lowest BCUT2D eigenvalue weighted by Crippen LogP contribution is -2.26. The molecule has 2 N–H and O–H groups in total. The predicted molar refractivity (Wildman–Crippen MR) is 58.7 cm³/mol. The highest BCUT2D eigenvalue weighted by molar-refractivity contribution is 7.15. The van der Waals surface area contributed by atoms with Crippen molar-refractivity contribution < 1.29 is 0 Å². The third-order valence-corrected chi connectivity index (χ3v) is 3.46. The van der Waals surface area contributed by atoms with Crippen LogP contribution >= 0.6 is 11.3 Å². The van der Waals surface area contributed by atoms with Crippen molar-refractivity contribution in [3.05, 3.63) is 5.01 Å². The fourth-order valence-corrected chi connectivity index (χ4v) is 2.47. The van der Waals surface area contributed by atoms with Crippen molar-refractivity contribution in [3.8, 4) is 0 Å². The SMILES string of the molecule is Cc1nnc(N2CCCC(N)CC2)s1. The summed E-state index contributed by atoms with van der Waals surface area (Å²) >= 11 is 1.67. The van der Waals surface area contributed by atoms with Crippen molar-refractivity contribution in [2.45, 2.75) is 32.2 Å². The molecule has 1 fully saturated rings. The third kappa shape index (κ3) is 2.22. The molecule has 0 spiro atoms. The second-order valence-electron chi connectivity index (χ2n) is 3.78. The molecule has 0 bridgehead atoms. The van der Waals surface area contributed by atoms with E-state index in [0.29, 0.717) is 6.04 Å². The van der Waals surface area contributed by atoms with E-state index < -0.39 is 0 Å². The maximum Gasteiger partial charge on any atom is 0.208 e. The zero-order chi connectivity index (χ0) is 9.97. The monoisotopic (exact) mass is 212 g/mol. The van der Waals surface area contributed by atoms with Crippen LogP contribution in [0.4, 0.5) is 5.13 Å². The van der Waals surface area contributed by atoms with Crippen LogP contribution in [-0.2, 0) is 0 Å². The number of rotatable bonds is 1. The van der Waals surface area contributed by atoms with E-state index in [1.807, 2.05) is 6.92 Å². The number of anilines is 1. The Morgan fingerprint density at radius 2 is 2.21 bits per heavy atom.